The minimum Gasteiger partial charge on any atom is -0.324 e. The van der Waals surface area contributed by atoms with Crippen LogP contribution in [-0.2, 0) is 0 Å². The quantitative estimate of drug-likeness (QED) is 0.354. The molecule has 2 nitrogen and oxygen atoms in total. The second kappa shape index (κ2) is 4.30. The highest BCUT2D eigenvalue weighted by atomic mass is 31.0. The van der Waals surface area contributed by atoms with Crippen LogP contribution in [-0.4, -0.2) is 0 Å². The summed E-state index contributed by atoms with van der Waals surface area (Å²) in [7, 11) is 0. The molecule has 0 aromatic heterocycles. The minimum atomic E-state index is 0. The summed E-state index contributed by atoms with van der Waals surface area (Å²) >= 11 is 0. The molecular weight excluding hydrogens is 131 g/mol. The van der Waals surface area contributed by atoms with Crippen molar-refractivity contribution in [1.29, 1.82) is 0 Å². The van der Waals surface area contributed by atoms with E-state index in [0.717, 1.165) is 5.69 Å². The monoisotopic (exact) mass is 139 g/mol. The maximum atomic E-state index is 5.10. The van der Waals surface area contributed by atoms with Crippen molar-refractivity contribution in [3.63, 3.8) is 0 Å². The average Bonchev–Trinajstić information content (AvgIpc) is 1.90. The molecule has 0 aliphatic carbocycles. The second-order valence-electron chi connectivity index (χ2n) is 1.51. The number of nitrogens with one attached hydrogen (secondary N) is 1. The normalized spacial score (nSPS) is 7.67. The summed E-state index contributed by atoms with van der Waals surface area (Å²) in [5.41, 5.74) is 3.46. The molecule has 0 atom stereocenters. The lowest BCUT2D eigenvalue weighted by molar-refractivity contribution is 1.35. The molecule has 0 unspecified atom stereocenters. The molecule has 1 rings (SSSR count). The number of benzene rings is 1. The third-order valence-corrected chi connectivity index (χ3v) is 0.940. The van der Waals surface area contributed by atoms with Gasteiger partial charge in [0.1, 0.15) is 0 Å². The van der Waals surface area contributed by atoms with Crippen molar-refractivity contribution in [2.24, 2.45) is 5.84 Å². The SMILES string of the molecule is NNc1ccccc1.[P]. The predicted molar refractivity (Wildman–Crippen MR) is 41.2 cm³/mol. The molecule has 1 aromatic carbocycles. The van der Waals surface area contributed by atoms with Crippen LogP contribution in [0.2, 0.25) is 0 Å². The van der Waals surface area contributed by atoms with Gasteiger partial charge in [0.2, 0.25) is 0 Å². The summed E-state index contributed by atoms with van der Waals surface area (Å²) < 4.78 is 0. The molecule has 3 radical (unpaired) electrons. The van der Waals surface area contributed by atoms with Crippen molar-refractivity contribution in [3.05, 3.63) is 30.3 Å². The van der Waals surface area contributed by atoms with Crippen molar-refractivity contribution < 1.29 is 0 Å². The summed E-state index contributed by atoms with van der Waals surface area (Å²) in [6, 6.07) is 9.60. The van der Waals surface area contributed by atoms with Crippen molar-refractivity contribution in [2.45, 2.75) is 0 Å². The summed E-state index contributed by atoms with van der Waals surface area (Å²) in [6.07, 6.45) is 0. The van der Waals surface area contributed by atoms with Gasteiger partial charge in [-0.25, -0.2) is 0 Å². The lowest BCUT2D eigenvalue weighted by Gasteiger charge is -1.94. The first-order chi connectivity index (χ1) is 3.93. The van der Waals surface area contributed by atoms with E-state index in [-0.39, 0.29) is 9.90 Å². The minimum absolute atomic E-state index is 0. The fourth-order valence-electron chi connectivity index (χ4n) is 0.534. The third kappa shape index (κ3) is 2.45. The van der Waals surface area contributed by atoms with Crippen LogP contribution in [0.3, 0.4) is 0 Å². The van der Waals surface area contributed by atoms with Gasteiger partial charge in [0, 0.05) is 15.6 Å². The van der Waals surface area contributed by atoms with E-state index in [1.807, 2.05) is 30.3 Å². The van der Waals surface area contributed by atoms with E-state index in [9.17, 15) is 0 Å². The highest BCUT2D eigenvalue weighted by Gasteiger charge is 1.78. The summed E-state index contributed by atoms with van der Waals surface area (Å²) in [5.74, 6) is 5.10. The number of nitrogen functional groups attached to an aromatic ring is 1. The van der Waals surface area contributed by atoms with Gasteiger partial charge >= 0.3 is 0 Å². The van der Waals surface area contributed by atoms with E-state index < -0.39 is 0 Å². The Balaban J connectivity index is 0.000000640. The first-order valence-corrected chi connectivity index (χ1v) is 2.45. The molecule has 0 spiro atoms. The van der Waals surface area contributed by atoms with Crippen molar-refractivity contribution in [3.8, 4) is 0 Å². The Bertz CT molecular complexity index is 152. The van der Waals surface area contributed by atoms with E-state index in [1.54, 1.807) is 0 Å². The van der Waals surface area contributed by atoms with E-state index in [4.69, 9.17) is 5.84 Å². The van der Waals surface area contributed by atoms with E-state index in [2.05, 4.69) is 5.43 Å². The van der Waals surface area contributed by atoms with Gasteiger partial charge in [0.25, 0.3) is 0 Å². The summed E-state index contributed by atoms with van der Waals surface area (Å²) in [5, 5.41) is 0. The Morgan fingerprint density at radius 2 is 1.67 bits per heavy atom. The molecule has 3 heteroatoms. The number of nitrogens with two attached hydrogens (primary N) is 1. The highest BCUT2D eigenvalue weighted by Crippen LogP contribution is 2.00. The fraction of sp³-hybridized carbons (Fsp3) is 0. The number of para-hydroxylation sites is 1. The molecule has 47 valence electrons. The maximum Gasteiger partial charge on any atom is 0.0485 e. The highest BCUT2D eigenvalue weighted by molar-refractivity contribution is 6.92. The van der Waals surface area contributed by atoms with Crippen LogP contribution in [0.4, 0.5) is 5.69 Å². The standard InChI is InChI=1S/C6H8N2.P/c7-8-6-4-2-1-3-5-6;/h1-5,8H,7H2;. The summed E-state index contributed by atoms with van der Waals surface area (Å²) in [6.45, 7) is 0. The molecule has 1 aromatic rings. The number of hydrogen-bond acceptors (Lipinski definition) is 2. The average molecular weight is 139 g/mol. The maximum absolute atomic E-state index is 5.10. The third-order valence-electron chi connectivity index (χ3n) is 0.940. The first kappa shape index (κ1) is 8.41. The van der Waals surface area contributed by atoms with Gasteiger partial charge in [-0.3, -0.25) is 5.84 Å². The molecule has 0 aliphatic heterocycles. The van der Waals surface area contributed by atoms with Crippen LogP contribution in [0.1, 0.15) is 0 Å². The van der Waals surface area contributed by atoms with Crippen LogP contribution in [0.25, 0.3) is 0 Å². The molecule has 0 fully saturated rings. The smallest absolute Gasteiger partial charge is 0.0485 e. The second-order valence-corrected chi connectivity index (χ2v) is 1.51. The molecule has 3 N–H and O–H groups in total. The molecular formula is C6H8N2P. The van der Waals surface area contributed by atoms with Crippen molar-refractivity contribution >= 4 is 15.6 Å². The zero-order valence-electron chi connectivity index (χ0n) is 4.91. The van der Waals surface area contributed by atoms with E-state index >= 15 is 0 Å². The molecule has 0 heterocycles. The Kier molecular flexibility index (Phi) is 4.02. The lowest BCUT2D eigenvalue weighted by atomic mass is 10.3. The van der Waals surface area contributed by atoms with Gasteiger partial charge in [-0.2, -0.15) is 0 Å². The van der Waals surface area contributed by atoms with Crippen LogP contribution < -0.4 is 11.3 Å². The van der Waals surface area contributed by atoms with E-state index in [0.29, 0.717) is 0 Å². The molecule has 0 saturated heterocycles. The lowest BCUT2D eigenvalue weighted by Crippen LogP contribution is -2.05. The summed E-state index contributed by atoms with van der Waals surface area (Å²) in [4.78, 5) is 0. The van der Waals surface area contributed by atoms with Crippen molar-refractivity contribution in [1.82, 2.24) is 0 Å². The van der Waals surface area contributed by atoms with Crippen LogP contribution in [0.5, 0.6) is 0 Å². The van der Waals surface area contributed by atoms with Crippen LogP contribution >= 0.6 is 9.90 Å². The largest absolute Gasteiger partial charge is 0.324 e. The number of hydrazine groups is 1. The Hall–Kier alpha value is -0.590. The Labute approximate surface area is 58.0 Å². The van der Waals surface area contributed by atoms with Crippen LogP contribution in [0.15, 0.2) is 30.3 Å². The number of rotatable bonds is 1. The zero-order valence-corrected chi connectivity index (χ0v) is 5.81. The van der Waals surface area contributed by atoms with Crippen LogP contribution in [0, 0.1) is 0 Å². The molecule has 0 amide bonds. The van der Waals surface area contributed by atoms with Crippen molar-refractivity contribution in [2.75, 3.05) is 5.43 Å². The Morgan fingerprint density at radius 3 is 2.00 bits per heavy atom. The van der Waals surface area contributed by atoms with Gasteiger partial charge in [-0.1, -0.05) is 18.2 Å². The van der Waals surface area contributed by atoms with Gasteiger partial charge < -0.3 is 5.43 Å². The van der Waals surface area contributed by atoms with Gasteiger partial charge in [0.15, 0.2) is 0 Å². The predicted octanol–water partition coefficient (Wildman–Crippen LogP) is 1.83. The van der Waals surface area contributed by atoms with Gasteiger partial charge in [-0.15, -0.1) is 0 Å². The number of hydrogen-bond donors (Lipinski definition) is 2. The molecule has 0 aliphatic rings. The zero-order chi connectivity index (χ0) is 5.82. The fourth-order valence-corrected chi connectivity index (χ4v) is 0.534. The molecule has 0 saturated carbocycles. The topological polar surface area (TPSA) is 38.0 Å². The van der Waals surface area contributed by atoms with E-state index in [1.165, 1.54) is 0 Å². The van der Waals surface area contributed by atoms with Gasteiger partial charge in [0.05, 0.1) is 0 Å². The Morgan fingerprint density at radius 1 is 1.11 bits per heavy atom. The number of anilines is 1. The molecule has 0 bridgehead atoms. The first-order valence-electron chi connectivity index (χ1n) is 2.45. The van der Waals surface area contributed by atoms with Gasteiger partial charge in [-0.05, 0) is 12.1 Å². The molecule has 9 heavy (non-hydrogen) atoms.